The van der Waals surface area contributed by atoms with Crippen molar-refractivity contribution in [3.63, 3.8) is 0 Å². The number of nitrogens with two attached hydrogens (primary N) is 1. The van der Waals surface area contributed by atoms with Gasteiger partial charge in [-0.15, -0.1) is 0 Å². The third kappa shape index (κ3) is 5.69. The summed E-state index contributed by atoms with van der Waals surface area (Å²) in [5.74, 6) is 6.09. The Kier molecular flexibility index (Phi) is 7.60. The zero-order valence-electron chi connectivity index (χ0n) is 23.2. The van der Waals surface area contributed by atoms with Crippen LogP contribution >= 0.6 is 0 Å². The number of carbonyl (C=O) groups excluding carboxylic acids is 3. The summed E-state index contributed by atoms with van der Waals surface area (Å²) >= 11 is 0. The Balaban J connectivity index is 1.07. The summed E-state index contributed by atoms with van der Waals surface area (Å²) in [6, 6.07) is 0.0773. The number of imidazole rings is 1. The van der Waals surface area contributed by atoms with Gasteiger partial charge in [-0.2, -0.15) is 0 Å². The van der Waals surface area contributed by atoms with Crippen LogP contribution in [0.2, 0.25) is 0 Å². The van der Waals surface area contributed by atoms with Gasteiger partial charge in [-0.25, -0.2) is 19.7 Å². The highest BCUT2D eigenvalue weighted by Crippen LogP contribution is 2.33. The predicted octanol–water partition coefficient (Wildman–Crippen LogP) is -0.873. The number of aliphatic hydroxyl groups excluding tert-OH is 2. The molecule has 1 aliphatic carbocycles. The molecule has 3 aliphatic heterocycles. The van der Waals surface area contributed by atoms with Gasteiger partial charge in [-0.05, 0) is 37.5 Å². The molecule has 3 saturated heterocycles. The lowest BCUT2D eigenvalue weighted by Gasteiger charge is -2.31. The summed E-state index contributed by atoms with van der Waals surface area (Å²) in [6.45, 7) is 1.51. The van der Waals surface area contributed by atoms with Crippen molar-refractivity contribution in [1.82, 2.24) is 34.6 Å². The Labute approximate surface area is 241 Å². The molecule has 1 saturated carbocycles. The van der Waals surface area contributed by atoms with E-state index in [-0.39, 0.29) is 53.2 Å². The van der Waals surface area contributed by atoms with Crippen LogP contribution in [0.5, 0.6) is 0 Å². The molecule has 224 valence electrons. The lowest BCUT2D eigenvalue weighted by atomic mass is 9.94. The van der Waals surface area contributed by atoms with Gasteiger partial charge in [0.05, 0.1) is 19.3 Å². The smallest absolute Gasteiger partial charge is 0.410 e. The van der Waals surface area contributed by atoms with E-state index in [1.54, 1.807) is 16.8 Å². The van der Waals surface area contributed by atoms with E-state index < -0.39 is 36.6 Å². The highest BCUT2D eigenvalue weighted by Gasteiger charge is 2.48. The Hall–Kier alpha value is -4.00. The second-order valence-corrected chi connectivity index (χ2v) is 11.4. The molecule has 0 radical (unpaired) electrons. The molecule has 5 atom stereocenters. The summed E-state index contributed by atoms with van der Waals surface area (Å²) in [4.78, 5) is 52.8. The van der Waals surface area contributed by atoms with Crippen LogP contribution in [0, 0.1) is 17.8 Å². The van der Waals surface area contributed by atoms with Gasteiger partial charge in [-0.3, -0.25) is 14.2 Å². The van der Waals surface area contributed by atoms with E-state index in [0.717, 1.165) is 25.7 Å². The topological polar surface area (TPSA) is 198 Å². The molecule has 0 spiro atoms. The molecular formula is C27H34N8O7. The first-order valence-electron chi connectivity index (χ1n) is 14.2. The molecular weight excluding hydrogens is 548 g/mol. The van der Waals surface area contributed by atoms with Crippen molar-refractivity contribution in [2.75, 3.05) is 32.4 Å². The van der Waals surface area contributed by atoms with Crippen LogP contribution in [-0.4, -0.2) is 115 Å². The van der Waals surface area contributed by atoms with Crippen molar-refractivity contribution < 1.29 is 34.1 Å². The van der Waals surface area contributed by atoms with Crippen LogP contribution in [0.1, 0.15) is 50.6 Å². The number of aromatic nitrogens is 4. The van der Waals surface area contributed by atoms with E-state index in [1.165, 1.54) is 10.9 Å². The number of rotatable bonds is 5. The first-order valence-corrected chi connectivity index (χ1v) is 14.2. The number of nitrogens with one attached hydrogen (secondary N) is 1. The quantitative estimate of drug-likeness (QED) is 0.320. The average Bonchev–Trinajstić information content (AvgIpc) is 3.47. The van der Waals surface area contributed by atoms with Gasteiger partial charge in [0, 0.05) is 32.6 Å². The van der Waals surface area contributed by atoms with E-state index in [9.17, 15) is 24.6 Å². The Morgan fingerprint density at radius 1 is 1.19 bits per heavy atom. The van der Waals surface area contributed by atoms with Gasteiger partial charge < -0.3 is 40.5 Å². The fourth-order valence-electron chi connectivity index (χ4n) is 5.51. The number of amides is 3. The van der Waals surface area contributed by atoms with Gasteiger partial charge in [0.1, 0.15) is 23.8 Å². The van der Waals surface area contributed by atoms with Crippen molar-refractivity contribution in [2.24, 2.45) is 5.92 Å². The molecule has 2 aromatic heterocycles. The zero-order valence-corrected chi connectivity index (χ0v) is 23.2. The van der Waals surface area contributed by atoms with Crippen molar-refractivity contribution in [3.05, 3.63) is 12.2 Å². The number of nitrogen functional groups attached to an aromatic ring is 1. The van der Waals surface area contributed by atoms with Crippen LogP contribution in [0.15, 0.2) is 6.33 Å². The first-order chi connectivity index (χ1) is 20.2. The number of hydrogen-bond acceptors (Lipinski definition) is 11. The van der Waals surface area contributed by atoms with Gasteiger partial charge in [0.25, 0.3) is 5.91 Å². The molecule has 0 bridgehead atoms. The van der Waals surface area contributed by atoms with Gasteiger partial charge >= 0.3 is 6.09 Å². The molecule has 42 heavy (non-hydrogen) atoms. The molecule has 5 N–H and O–H groups in total. The maximum Gasteiger partial charge on any atom is 0.410 e. The lowest BCUT2D eigenvalue weighted by molar-refractivity contribution is -0.137. The van der Waals surface area contributed by atoms with Crippen molar-refractivity contribution >= 4 is 34.9 Å². The minimum atomic E-state index is -1.42. The minimum Gasteiger partial charge on any atom is -0.444 e. The van der Waals surface area contributed by atoms with Gasteiger partial charge in [0.2, 0.25) is 11.7 Å². The minimum absolute atomic E-state index is 0.0236. The van der Waals surface area contributed by atoms with E-state index in [2.05, 4.69) is 32.1 Å². The number of piperidine rings is 1. The highest BCUT2D eigenvalue weighted by atomic mass is 16.6. The monoisotopic (exact) mass is 582 g/mol. The largest absolute Gasteiger partial charge is 0.444 e. The van der Waals surface area contributed by atoms with E-state index >= 15 is 0 Å². The first kappa shape index (κ1) is 28.1. The summed E-state index contributed by atoms with van der Waals surface area (Å²) in [6.07, 6.45) is -0.510. The van der Waals surface area contributed by atoms with Crippen LogP contribution in [0.25, 0.3) is 11.2 Å². The van der Waals surface area contributed by atoms with Gasteiger partial charge in [0.15, 0.2) is 23.8 Å². The number of nitrogens with zero attached hydrogens (tertiary/aromatic N) is 6. The molecule has 15 nitrogen and oxygen atoms in total. The van der Waals surface area contributed by atoms with Crippen molar-refractivity contribution in [1.29, 1.82) is 0 Å². The number of likely N-dealkylation sites (N-methyl/N-ethyl adjacent to an activating group) is 1. The second-order valence-electron chi connectivity index (χ2n) is 11.4. The summed E-state index contributed by atoms with van der Waals surface area (Å²) in [5, 5.41) is 23.9. The second kappa shape index (κ2) is 11.3. The number of fused-ring (bicyclic) bond motifs is 1. The molecule has 2 unspecified atom stereocenters. The van der Waals surface area contributed by atoms with E-state index in [4.69, 9.17) is 15.2 Å². The Morgan fingerprint density at radius 3 is 2.64 bits per heavy atom. The van der Waals surface area contributed by atoms with E-state index in [1.807, 2.05) is 0 Å². The molecule has 0 aromatic carbocycles. The number of ether oxygens (including phenoxy) is 2. The summed E-state index contributed by atoms with van der Waals surface area (Å²) < 4.78 is 12.7. The standard InChI is InChI=1S/C27H34N8O7/c1-33-12-16(11-18(33)36)41-27(40)34-9-7-14(8-10-34)3-2-4-17-31-23(28)19-24(32-17)35(13-29-19)26-21(38)20(37)22(42-26)25(39)30-15-5-6-15/h13-16,20-22,26,37-38H,3,5-12H2,1H3,(H,30,39)(H2,28,31,32)/t16?,20?,21-,22-,26+/m0/s1. The maximum absolute atomic E-state index is 12.5. The summed E-state index contributed by atoms with van der Waals surface area (Å²) in [5.41, 5.74) is 6.66. The normalized spacial score (nSPS) is 28.2. The SMILES string of the molecule is CN1CC(OC(=O)N2CCC(CC#Cc3nc(N)c4ncn([C@@H]5O[C@H](C(=O)NC6CC6)C(O)[C@@H]5O)c4n3)CC2)CC1=O. The Morgan fingerprint density at radius 2 is 1.95 bits per heavy atom. The fourth-order valence-corrected chi connectivity index (χ4v) is 5.51. The van der Waals surface area contributed by atoms with Crippen LogP contribution in [0.3, 0.4) is 0 Å². The molecule has 4 aliphatic rings. The van der Waals surface area contributed by atoms with Crippen molar-refractivity contribution in [3.8, 4) is 11.8 Å². The molecule has 15 heteroatoms. The van der Waals surface area contributed by atoms with Crippen LogP contribution in [-0.2, 0) is 19.1 Å². The van der Waals surface area contributed by atoms with Gasteiger partial charge in [-0.1, -0.05) is 5.92 Å². The van der Waals surface area contributed by atoms with Crippen molar-refractivity contribution in [2.45, 2.75) is 75.2 Å². The summed E-state index contributed by atoms with van der Waals surface area (Å²) in [7, 11) is 1.70. The predicted molar refractivity (Wildman–Crippen MR) is 145 cm³/mol. The molecule has 6 rings (SSSR count). The number of hydrogen-bond donors (Lipinski definition) is 4. The van der Waals surface area contributed by atoms with Crippen LogP contribution < -0.4 is 11.1 Å². The third-order valence-corrected chi connectivity index (χ3v) is 8.18. The van der Waals surface area contributed by atoms with E-state index in [0.29, 0.717) is 26.1 Å². The lowest BCUT2D eigenvalue weighted by Crippen LogP contribution is -2.43. The number of anilines is 1. The molecule has 4 fully saturated rings. The molecule has 3 amide bonds. The highest BCUT2D eigenvalue weighted by molar-refractivity contribution is 5.83. The number of likely N-dealkylation sites (tertiary alicyclic amines) is 2. The number of carbonyl (C=O) groups is 3. The molecule has 2 aromatic rings. The fraction of sp³-hybridized carbons (Fsp3) is 0.630. The maximum atomic E-state index is 12.5. The zero-order chi connectivity index (χ0) is 29.5. The Bertz CT molecular complexity index is 1440. The third-order valence-electron chi connectivity index (χ3n) is 8.18. The number of aliphatic hydroxyl groups is 2. The van der Waals surface area contributed by atoms with Crippen LogP contribution in [0.4, 0.5) is 10.6 Å². The molecule has 5 heterocycles. The average molecular weight is 583 g/mol.